The fourth-order valence-corrected chi connectivity index (χ4v) is 5.71. The minimum atomic E-state index is -3.57. The highest BCUT2D eigenvalue weighted by Crippen LogP contribution is 2.39. The lowest BCUT2D eigenvalue weighted by molar-refractivity contribution is 0.284. The average Bonchev–Trinajstić information content (AvgIpc) is 3.45. The van der Waals surface area contributed by atoms with Gasteiger partial charge in [-0.2, -0.15) is 5.10 Å². The number of nitrogens with one attached hydrogen (secondary N) is 1. The van der Waals surface area contributed by atoms with E-state index in [1.807, 2.05) is 6.07 Å². The highest BCUT2D eigenvalue weighted by atomic mass is 32.2. The van der Waals surface area contributed by atoms with Crippen LogP contribution >= 0.6 is 0 Å². The summed E-state index contributed by atoms with van der Waals surface area (Å²) in [6.07, 6.45) is 5.91. The van der Waals surface area contributed by atoms with Gasteiger partial charge < -0.3 is 4.74 Å². The minimum absolute atomic E-state index is 0.0408. The summed E-state index contributed by atoms with van der Waals surface area (Å²) in [7, 11) is -3.57. The molecule has 2 aliphatic carbocycles. The van der Waals surface area contributed by atoms with Gasteiger partial charge in [0.05, 0.1) is 23.2 Å². The number of rotatable bonds is 5. The molecule has 2 heterocycles. The van der Waals surface area contributed by atoms with Gasteiger partial charge in [0.1, 0.15) is 5.75 Å². The summed E-state index contributed by atoms with van der Waals surface area (Å²) in [5, 5.41) is 4.59. The second-order valence-corrected chi connectivity index (χ2v) is 10.0. The summed E-state index contributed by atoms with van der Waals surface area (Å²) in [5.41, 5.74) is 1.88. The molecule has 29 heavy (non-hydrogen) atoms. The molecule has 0 amide bonds. The second-order valence-electron chi connectivity index (χ2n) is 8.31. The zero-order valence-electron chi connectivity index (χ0n) is 16.2. The number of sulfonamides is 1. The number of hydrogen-bond donors (Lipinski definition) is 1. The molecule has 8 heteroatoms. The molecule has 0 spiro atoms. The van der Waals surface area contributed by atoms with Gasteiger partial charge in [-0.05, 0) is 68.4 Å². The van der Waals surface area contributed by atoms with E-state index in [1.54, 1.807) is 28.9 Å². The van der Waals surface area contributed by atoms with Crippen molar-refractivity contribution in [2.24, 2.45) is 0 Å². The van der Waals surface area contributed by atoms with E-state index < -0.39 is 10.0 Å². The molecule has 2 fully saturated rings. The molecule has 1 N–H and O–H groups in total. The van der Waals surface area contributed by atoms with E-state index in [4.69, 9.17) is 4.74 Å². The predicted octanol–water partition coefficient (Wildman–Crippen LogP) is 2.52. The number of aromatic nitrogens is 2. The molecule has 1 aromatic carbocycles. The Balaban J connectivity index is 1.25. The third kappa shape index (κ3) is 3.83. The monoisotopic (exact) mass is 415 g/mol. The number of benzene rings is 1. The van der Waals surface area contributed by atoms with E-state index in [2.05, 4.69) is 9.82 Å². The maximum atomic E-state index is 12.8. The Hall–Kier alpha value is -2.19. The molecule has 0 atom stereocenters. The van der Waals surface area contributed by atoms with E-state index in [1.165, 1.54) is 0 Å². The van der Waals surface area contributed by atoms with E-state index in [9.17, 15) is 13.2 Å². The quantitative estimate of drug-likeness (QED) is 0.810. The number of ether oxygens (including phenoxy) is 1. The summed E-state index contributed by atoms with van der Waals surface area (Å²) in [6.45, 7) is 0.603. The topological polar surface area (TPSA) is 90.3 Å². The van der Waals surface area contributed by atoms with Crippen molar-refractivity contribution < 1.29 is 13.2 Å². The van der Waals surface area contributed by atoms with Crippen molar-refractivity contribution in [1.29, 1.82) is 0 Å². The van der Waals surface area contributed by atoms with E-state index in [0.29, 0.717) is 30.3 Å². The Morgan fingerprint density at radius 1 is 1.03 bits per heavy atom. The number of nitrogens with zero attached hydrogens (tertiary/aromatic N) is 2. The second kappa shape index (κ2) is 7.25. The van der Waals surface area contributed by atoms with Crippen LogP contribution in [0.4, 0.5) is 0 Å². The molecule has 0 saturated heterocycles. The van der Waals surface area contributed by atoms with Crippen molar-refractivity contribution in [2.45, 2.75) is 67.8 Å². The van der Waals surface area contributed by atoms with Gasteiger partial charge in [-0.15, -0.1) is 0 Å². The van der Waals surface area contributed by atoms with Gasteiger partial charge >= 0.3 is 0 Å². The molecule has 1 aromatic heterocycles. The minimum Gasteiger partial charge on any atom is -0.493 e. The first-order valence-corrected chi connectivity index (χ1v) is 11.9. The Bertz CT molecular complexity index is 1080. The summed E-state index contributed by atoms with van der Waals surface area (Å²) in [6, 6.07) is 8.43. The van der Waals surface area contributed by atoms with Gasteiger partial charge in [0, 0.05) is 24.4 Å². The zero-order valence-corrected chi connectivity index (χ0v) is 17.0. The summed E-state index contributed by atoms with van der Waals surface area (Å²) < 4.78 is 35.6. The van der Waals surface area contributed by atoms with Crippen LogP contribution in [0.3, 0.4) is 0 Å². The van der Waals surface area contributed by atoms with Crippen LogP contribution in [0, 0.1) is 0 Å². The van der Waals surface area contributed by atoms with Gasteiger partial charge in [-0.25, -0.2) is 17.8 Å². The molecular weight excluding hydrogens is 390 g/mol. The van der Waals surface area contributed by atoms with Crippen molar-refractivity contribution >= 4 is 10.0 Å². The third-order valence-electron chi connectivity index (χ3n) is 6.18. The molecule has 2 aromatic rings. The Kier molecular flexibility index (Phi) is 4.70. The fraction of sp³-hybridized carbons (Fsp3) is 0.524. The lowest BCUT2D eigenvalue weighted by Crippen LogP contribution is -2.39. The van der Waals surface area contributed by atoms with Gasteiger partial charge in [-0.1, -0.05) is 0 Å². The van der Waals surface area contributed by atoms with Crippen LogP contribution in [-0.4, -0.2) is 30.8 Å². The Labute approximate surface area is 170 Å². The largest absolute Gasteiger partial charge is 0.493 e. The molecule has 1 aliphatic heterocycles. The van der Waals surface area contributed by atoms with Gasteiger partial charge in [-0.3, -0.25) is 4.79 Å². The molecular formula is C21H25N3O4S. The van der Waals surface area contributed by atoms with Crippen LogP contribution in [0.25, 0.3) is 0 Å². The van der Waals surface area contributed by atoms with Crippen molar-refractivity contribution in [2.75, 3.05) is 6.61 Å². The Morgan fingerprint density at radius 3 is 2.59 bits per heavy atom. The smallest absolute Gasteiger partial charge is 0.267 e. The molecule has 3 aliphatic rings. The van der Waals surface area contributed by atoms with Gasteiger partial charge in [0.2, 0.25) is 10.0 Å². The van der Waals surface area contributed by atoms with Gasteiger partial charge in [0.25, 0.3) is 5.56 Å². The summed E-state index contributed by atoms with van der Waals surface area (Å²) in [5.74, 6) is 1.28. The first-order chi connectivity index (χ1) is 14.0. The highest BCUT2D eigenvalue weighted by Gasteiger charge is 2.30. The predicted molar refractivity (Wildman–Crippen MR) is 108 cm³/mol. The van der Waals surface area contributed by atoms with Crippen LogP contribution in [0.1, 0.15) is 61.7 Å². The van der Waals surface area contributed by atoms with Crippen molar-refractivity contribution in [3.8, 4) is 5.75 Å². The first kappa shape index (κ1) is 18.8. The van der Waals surface area contributed by atoms with Crippen molar-refractivity contribution in [3.63, 3.8) is 0 Å². The maximum absolute atomic E-state index is 12.8. The number of fused-ring (bicyclic) bond motifs is 1. The lowest BCUT2D eigenvalue weighted by Gasteiger charge is -2.29. The highest BCUT2D eigenvalue weighted by molar-refractivity contribution is 7.89. The summed E-state index contributed by atoms with van der Waals surface area (Å²) in [4.78, 5) is 12.6. The maximum Gasteiger partial charge on any atom is 0.267 e. The van der Waals surface area contributed by atoms with E-state index >= 15 is 0 Å². The van der Waals surface area contributed by atoms with Crippen molar-refractivity contribution in [3.05, 3.63) is 51.9 Å². The van der Waals surface area contributed by atoms with E-state index in [0.717, 1.165) is 49.1 Å². The average molecular weight is 416 g/mol. The lowest BCUT2D eigenvalue weighted by atomic mass is 9.92. The molecule has 5 rings (SSSR count). The standard InChI is InChI=1S/C21H25N3O4S/c25-21-10-8-19(14-1-2-14)22-24(21)17-5-3-16(4-6-17)23-29(26,27)18-7-9-20-15(13-18)11-12-28-20/h7-10,13-14,16-17,23H,1-6,11-12H2. The molecule has 154 valence electrons. The Morgan fingerprint density at radius 2 is 1.83 bits per heavy atom. The van der Waals surface area contributed by atoms with Crippen molar-refractivity contribution in [1.82, 2.24) is 14.5 Å². The SMILES string of the molecule is O=c1ccc(C2CC2)nn1C1CCC(NS(=O)(=O)c2ccc3c(c2)CCO3)CC1. The fourth-order valence-electron chi connectivity index (χ4n) is 4.35. The molecule has 0 unspecified atom stereocenters. The molecule has 7 nitrogen and oxygen atoms in total. The summed E-state index contributed by atoms with van der Waals surface area (Å²) >= 11 is 0. The number of hydrogen-bond acceptors (Lipinski definition) is 5. The van der Waals surface area contributed by atoms with E-state index in [-0.39, 0.29) is 17.6 Å². The van der Waals surface area contributed by atoms with Crippen LogP contribution in [0.2, 0.25) is 0 Å². The van der Waals surface area contributed by atoms with Crippen LogP contribution in [0.5, 0.6) is 5.75 Å². The molecule has 2 saturated carbocycles. The first-order valence-electron chi connectivity index (χ1n) is 10.4. The zero-order chi connectivity index (χ0) is 20.0. The third-order valence-corrected chi connectivity index (χ3v) is 7.70. The van der Waals surface area contributed by atoms with Crippen LogP contribution in [0.15, 0.2) is 40.0 Å². The normalized spacial score (nSPS) is 24.1. The molecule has 0 bridgehead atoms. The van der Waals surface area contributed by atoms with Crippen LogP contribution in [-0.2, 0) is 16.4 Å². The van der Waals surface area contributed by atoms with Crippen LogP contribution < -0.4 is 15.0 Å². The molecule has 0 radical (unpaired) electrons. The van der Waals surface area contributed by atoms with Gasteiger partial charge in [0.15, 0.2) is 0 Å².